The number of anilines is 2. The Labute approximate surface area is 167 Å². The first-order chi connectivity index (χ1) is 12.8. The molecule has 1 aromatic heterocycles. The van der Waals surface area contributed by atoms with E-state index in [1.165, 1.54) is 23.1 Å². The Balaban J connectivity index is 1.71. The number of carbonyl (C=O) groups is 1. The zero-order valence-electron chi connectivity index (χ0n) is 15.2. The monoisotopic (exact) mass is 426 g/mol. The van der Waals surface area contributed by atoms with E-state index in [0.717, 1.165) is 10.8 Å². The maximum absolute atomic E-state index is 13.0. The van der Waals surface area contributed by atoms with Crippen molar-refractivity contribution in [3.8, 4) is 0 Å². The minimum Gasteiger partial charge on any atom is -0.358 e. The second-order valence-corrected chi connectivity index (χ2v) is 11.0. The predicted molar refractivity (Wildman–Crippen MR) is 110 cm³/mol. The molecule has 0 aliphatic carbocycles. The number of hydrogen-bond donors (Lipinski definition) is 1. The molecule has 1 aromatic carbocycles. The van der Waals surface area contributed by atoms with Crippen molar-refractivity contribution < 1.29 is 13.2 Å². The molecule has 1 unspecified atom stereocenters. The maximum Gasteiger partial charge on any atom is 0.237 e. The zero-order chi connectivity index (χ0) is 19.4. The highest BCUT2D eigenvalue weighted by atomic mass is 32.2. The molecular weight excluding hydrogens is 404 g/mol. The van der Waals surface area contributed by atoms with Crippen molar-refractivity contribution in [2.24, 2.45) is 0 Å². The third-order valence-electron chi connectivity index (χ3n) is 4.01. The van der Waals surface area contributed by atoms with Crippen molar-refractivity contribution in [3.63, 3.8) is 0 Å². The summed E-state index contributed by atoms with van der Waals surface area (Å²) in [6.45, 7) is 4.04. The predicted octanol–water partition coefficient (Wildman–Crippen LogP) is 2.67. The Hall–Kier alpha value is -1.65. The average molecular weight is 427 g/mol. The summed E-state index contributed by atoms with van der Waals surface area (Å²) in [5.41, 5.74) is 0.727. The van der Waals surface area contributed by atoms with Crippen LogP contribution in [0.1, 0.15) is 20.3 Å². The van der Waals surface area contributed by atoms with E-state index in [-0.39, 0.29) is 35.2 Å². The number of thioether (sulfide) groups is 1. The van der Waals surface area contributed by atoms with Gasteiger partial charge in [-0.2, -0.15) is 0 Å². The fourth-order valence-electron chi connectivity index (χ4n) is 2.89. The van der Waals surface area contributed by atoms with Crippen molar-refractivity contribution in [3.05, 3.63) is 30.3 Å². The molecule has 7 nitrogen and oxygen atoms in total. The van der Waals surface area contributed by atoms with E-state index in [1.807, 2.05) is 44.2 Å². The van der Waals surface area contributed by atoms with Crippen LogP contribution in [-0.2, 0) is 14.6 Å². The van der Waals surface area contributed by atoms with Crippen LogP contribution in [0.25, 0.3) is 0 Å². The van der Waals surface area contributed by atoms with E-state index in [9.17, 15) is 13.2 Å². The van der Waals surface area contributed by atoms with Crippen molar-refractivity contribution in [1.82, 2.24) is 10.2 Å². The molecular formula is C17H22N4O3S3. The third-order valence-corrected chi connectivity index (χ3v) is 7.74. The van der Waals surface area contributed by atoms with Crippen LogP contribution in [0, 0.1) is 0 Å². The number of carbonyl (C=O) groups excluding carboxylic acids is 1. The quantitative estimate of drug-likeness (QED) is 0.681. The number of para-hydroxylation sites is 1. The second-order valence-electron chi connectivity index (χ2n) is 6.62. The van der Waals surface area contributed by atoms with Crippen LogP contribution in [0.5, 0.6) is 0 Å². The average Bonchev–Trinajstić information content (AvgIpc) is 3.20. The van der Waals surface area contributed by atoms with Gasteiger partial charge in [-0.1, -0.05) is 41.3 Å². The molecule has 1 saturated heterocycles. The summed E-state index contributed by atoms with van der Waals surface area (Å²) in [5.74, 6) is 0.200. The van der Waals surface area contributed by atoms with Gasteiger partial charge in [0, 0.05) is 11.7 Å². The molecule has 2 aromatic rings. The van der Waals surface area contributed by atoms with Gasteiger partial charge in [0.1, 0.15) is 0 Å². The third kappa shape index (κ3) is 5.43. The molecule has 10 heteroatoms. The smallest absolute Gasteiger partial charge is 0.237 e. The lowest BCUT2D eigenvalue weighted by atomic mass is 10.2. The Morgan fingerprint density at radius 2 is 2.07 bits per heavy atom. The molecule has 1 atom stereocenters. The number of sulfone groups is 1. The molecule has 146 valence electrons. The first-order valence-corrected chi connectivity index (χ1v) is 12.3. The fourth-order valence-corrected chi connectivity index (χ4v) is 6.35. The molecule has 0 spiro atoms. The Morgan fingerprint density at radius 1 is 1.33 bits per heavy atom. The van der Waals surface area contributed by atoms with Gasteiger partial charge in [-0.25, -0.2) is 8.42 Å². The topological polar surface area (TPSA) is 92.3 Å². The number of nitrogens with one attached hydrogen (secondary N) is 1. The van der Waals surface area contributed by atoms with Gasteiger partial charge in [-0.05, 0) is 32.4 Å². The Kier molecular flexibility index (Phi) is 6.38. The molecule has 0 saturated carbocycles. The molecule has 27 heavy (non-hydrogen) atoms. The molecule has 0 bridgehead atoms. The summed E-state index contributed by atoms with van der Waals surface area (Å²) < 4.78 is 24.5. The van der Waals surface area contributed by atoms with E-state index in [0.29, 0.717) is 10.8 Å². The van der Waals surface area contributed by atoms with E-state index < -0.39 is 9.84 Å². The lowest BCUT2D eigenvalue weighted by Crippen LogP contribution is -2.42. The Morgan fingerprint density at radius 3 is 2.70 bits per heavy atom. The minimum absolute atomic E-state index is 0.0135. The van der Waals surface area contributed by atoms with Crippen LogP contribution in [-0.4, -0.2) is 53.9 Å². The zero-order valence-corrected chi connectivity index (χ0v) is 17.6. The van der Waals surface area contributed by atoms with Crippen LogP contribution >= 0.6 is 23.1 Å². The van der Waals surface area contributed by atoms with Gasteiger partial charge in [-0.15, -0.1) is 10.2 Å². The molecule has 0 radical (unpaired) electrons. The van der Waals surface area contributed by atoms with Crippen LogP contribution in [0.15, 0.2) is 34.7 Å². The number of hydrogen-bond acceptors (Lipinski definition) is 8. The summed E-state index contributed by atoms with van der Waals surface area (Å²) >= 11 is 2.73. The second kappa shape index (κ2) is 8.57. The number of nitrogens with zero attached hydrogens (tertiary/aromatic N) is 3. The van der Waals surface area contributed by atoms with Gasteiger partial charge in [0.15, 0.2) is 14.2 Å². The van der Waals surface area contributed by atoms with Gasteiger partial charge in [-0.3, -0.25) is 4.79 Å². The molecule has 1 fully saturated rings. The highest BCUT2D eigenvalue weighted by Crippen LogP contribution is 2.29. The molecule has 3 rings (SSSR count). The summed E-state index contributed by atoms with van der Waals surface area (Å²) in [4.78, 5) is 14.6. The van der Waals surface area contributed by atoms with Crippen LogP contribution in [0.2, 0.25) is 0 Å². The normalized spacial score (nSPS) is 18.6. The summed E-state index contributed by atoms with van der Waals surface area (Å²) in [7, 11) is -3.09. The van der Waals surface area contributed by atoms with Crippen molar-refractivity contribution in [2.75, 3.05) is 27.5 Å². The number of amides is 1. The highest BCUT2D eigenvalue weighted by molar-refractivity contribution is 8.01. The number of benzene rings is 1. The van der Waals surface area contributed by atoms with Crippen LogP contribution in [0.4, 0.5) is 10.8 Å². The maximum atomic E-state index is 13.0. The lowest BCUT2D eigenvalue weighted by molar-refractivity contribution is -0.116. The van der Waals surface area contributed by atoms with Crippen molar-refractivity contribution in [2.45, 2.75) is 36.7 Å². The van der Waals surface area contributed by atoms with Crippen molar-refractivity contribution in [1.29, 1.82) is 0 Å². The van der Waals surface area contributed by atoms with Crippen LogP contribution < -0.4 is 10.2 Å². The fraction of sp³-hybridized carbons (Fsp3) is 0.471. The molecule has 2 heterocycles. The molecule has 1 aliphatic heterocycles. The van der Waals surface area contributed by atoms with Crippen molar-refractivity contribution >= 4 is 49.7 Å². The van der Waals surface area contributed by atoms with Gasteiger partial charge >= 0.3 is 0 Å². The molecule has 1 N–H and O–H groups in total. The molecule has 1 amide bonds. The standard InChI is InChI=1S/C17H22N4O3S3/c1-12(2)18-16-19-20-17(26-16)25-10-15(22)21(13-6-4-3-5-7-13)14-8-9-27(23,24)11-14/h3-7,12,14H,8-11H2,1-2H3,(H,18,19). The van der Waals surface area contributed by atoms with Gasteiger partial charge in [0.2, 0.25) is 11.0 Å². The SMILES string of the molecule is CC(C)Nc1nnc(SCC(=O)N(c2ccccc2)C2CCS(=O)(=O)C2)s1. The summed E-state index contributed by atoms with van der Waals surface area (Å²) in [5, 5.41) is 12.1. The first-order valence-electron chi connectivity index (χ1n) is 8.64. The van der Waals surface area contributed by atoms with E-state index in [2.05, 4.69) is 15.5 Å². The summed E-state index contributed by atoms with van der Waals surface area (Å²) in [6, 6.07) is 9.18. The number of aromatic nitrogens is 2. The number of rotatable bonds is 7. The van der Waals surface area contributed by atoms with Gasteiger partial charge in [0.25, 0.3) is 0 Å². The first kappa shape index (κ1) is 20.1. The Bertz CT molecular complexity index is 884. The van der Waals surface area contributed by atoms with Gasteiger partial charge in [0.05, 0.1) is 23.3 Å². The van der Waals surface area contributed by atoms with E-state index in [1.54, 1.807) is 4.90 Å². The molecule has 1 aliphatic rings. The minimum atomic E-state index is -3.09. The lowest BCUT2D eigenvalue weighted by Gasteiger charge is -2.28. The van der Waals surface area contributed by atoms with Gasteiger partial charge < -0.3 is 10.2 Å². The highest BCUT2D eigenvalue weighted by Gasteiger charge is 2.35. The van der Waals surface area contributed by atoms with E-state index in [4.69, 9.17) is 0 Å². The largest absolute Gasteiger partial charge is 0.358 e. The van der Waals surface area contributed by atoms with E-state index >= 15 is 0 Å². The summed E-state index contributed by atoms with van der Waals surface area (Å²) in [6.07, 6.45) is 0.467. The van der Waals surface area contributed by atoms with Crippen LogP contribution in [0.3, 0.4) is 0 Å².